The van der Waals surface area contributed by atoms with Gasteiger partial charge in [-0.25, -0.2) is 0 Å². The second-order valence-corrected chi connectivity index (χ2v) is 13.6. The van der Waals surface area contributed by atoms with Crippen LogP contribution in [0.3, 0.4) is 0 Å². The van der Waals surface area contributed by atoms with Crippen molar-refractivity contribution in [3.8, 4) is 0 Å². The number of rotatable bonds is 4. The summed E-state index contributed by atoms with van der Waals surface area (Å²) in [5, 5.41) is 44.8. The molecule has 0 amide bonds. The molecule has 33 heavy (non-hydrogen) atoms. The van der Waals surface area contributed by atoms with Crippen molar-refractivity contribution in [1.82, 2.24) is 0 Å². The van der Waals surface area contributed by atoms with Crippen molar-refractivity contribution in [3.05, 3.63) is 11.1 Å². The normalized spacial score (nSPS) is 50.9. The molecule has 0 aromatic heterocycles. The summed E-state index contributed by atoms with van der Waals surface area (Å²) < 4.78 is 0. The van der Waals surface area contributed by atoms with Crippen LogP contribution < -0.4 is 0 Å². The monoisotopic (exact) mass is 462 g/mol. The van der Waals surface area contributed by atoms with Crippen LogP contribution in [-0.4, -0.2) is 44.3 Å². The van der Waals surface area contributed by atoms with Gasteiger partial charge < -0.3 is 20.4 Å². The summed E-state index contributed by atoms with van der Waals surface area (Å²) in [5.41, 5.74) is 1.19. The predicted octanol–water partition coefficient (Wildman–Crippen LogP) is 5.08. The zero-order chi connectivity index (χ0) is 24.5. The third-order valence-corrected chi connectivity index (χ3v) is 11.6. The van der Waals surface area contributed by atoms with Gasteiger partial charge in [-0.05, 0) is 92.8 Å². The van der Waals surface area contributed by atoms with Crippen molar-refractivity contribution in [3.63, 3.8) is 0 Å². The van der Waals surface area contributed by atoms with Crippen LogP contribution in [0.15, 0.2) is 11.1 Å². The lowest BCUT2D eigenvalue weighted by Gasteiger charge is -2.66. The molecule has 4 rings (SSSR count). The SMILES string of the molecule is CC(C[C@@H](C)[C@H](C)C(C)C)=C1CC[C@H]2[C@@H]3C[C@@H](O)[C@@]4(O)C[C@@H](O)CC[C@]4(C)[C@H]3[C@H](O)C[C@]12C. The van der Waals surface area contributed by atoms with Crippen LogP contribution in [0.5, 0.6) is 0 Å². The fourth-order valence-electron chi connectivity index (χ4n) is 9.35. The van der Waals surface area contributed by atoms with Crippen molar-refractivity contribution in [1.29, 1.82) is 0 Å². The maximum Gasteiger partial charge on any atom is 0.0986 e. The summed E-state index contributed by atoms with van der Waals surface area (Å²) in [6.45, 7) is 16.2. The molecule has 0 spiro atoms. The van der Waals surface area contributed by atoms with Crippen molar-refractivity contribution < 1.29 is 20.4 Å². The zero-order valence-corrected chi connectivity index (χ0v) is 22.1. The molecule has 190 valence electrons. The summed E-state index contributed by atoms with van der Waals surface area (Å²) in [4.78, 5) is 0. The minimum atomic E-state index is -1.31. The maximum atomic E-state index is 11.7. The fraction of sp³-hybridized carbons (Fsp3) is 0.931. The number of aliphatic hydroxyl groups excluding tert-OH is 3. The Morgan fingerprint density at radius 1 is 1.03 bits per heavy atom. The molecule has 0 saturated heterocycles. The summed E-state index contributed by atoms with van der Waals surface area (Å²) in [7, 11) is 0. The van der Waals surface area contributed by atoms with E-state index in [0.29, 0.717) is 42.9 Å². The van der Waals surface area contributed by atoms with E-state index in [4.69, 9.17) is 0 Å². The highest BCUT2D eigenvalue weighted by molar-refractivity contribution is 5.30. The summed E-state index contributed by atoms with van der Waals surface area (Å²) in [6.07, 6.45) is 4.26. The van der Waals surface area contributed by atoms with E-state index < -0.39 is 29.3 Å². The first-order chi connectivity index (χ1) is 15.3. The van der Waals surface area contributed by atoms with Crippen LogP contribution in [0.25, 0.3) is 0 Å². The molecule has 0 aromatic rings. The van der Waals surface area contributed by atoms with Crippen LogP contribution in [0.4, 0.5) is 0 Å². The second-order valence-electron chi connectivity index (χ2n) is 13.6. The number of hydrogen-bond donors (Lipinski definition) is 4. The van der Waals surface area contributed by atoms with Crippen LogP contribution in [0, 0.1) is 46.3 Å². The second kappa shape index (κ2) is 8.61. The van der Waals surface area contributed by atoms with Gasteiger partial charge in [-0.3, -0.25) is 0 Å². The molecular weight excluding hydrogens is 412 g/mol. The van der Waals surface area contributed by atoms with Crippen LogP contribution in [0.2, 0.25) is 0 Å². The molecule has 11 atom stereocenters. The highest BCUT2D eigenvalue weighted by Crippen LogP contribution is 2.68. The van der Waals surface area contributed by atoms with Crippen LogP contribution in [-0.2, 0) is 0 Å². The Bertz CT molecular complexity index is 776. The standard InChI is InChI=1S/C29H50O4/c1-16(2)19(5)17(3)12-18(4)22-8-9-23-21-13-25(32)29(33)14-20(30)10-11-28(29,7)26(21)24(31)15-27(22,23)6/h16-17,19-21,23-26,30-33H,8-15H2,1-7H3/t17-,19-,20+,21+,23+,24-,25-,26-,27-,28-,29+/m1/s1. The van der Waals surface area contributed by atoms with Crippen LogP contribution in [0.1, 0.15) is 99.8 Å². The van der Waals surface area contributed by atoms with E-state index in [1.165, 1.54) is 5.57 Å². The van der Waals surface area contributed by atoms with Gasteiger partial charge in [0.2, 0.25) is 0 Å². The first kappa shape index (κ1) is 25.7. The zero-order valence-electron chi connectivity index (χ0n) is 22.1. The van der Waals surface area contributed by atoms with E-state index in [0.717, 1.165) is 25.7 Å². The van der Waals surface area contributed by atoms with E-state index in [1.807, 2.05) is 0 Å². The first-order valence-corrected chi connectivity index (χ1v) is 13.7. The summed E-state index contributed by atoms with van der Waals surface area (Å²) in [6, 6.07) is 0. The van der Waals surface area contributed by atoms with Crippen molar-refractivity contribution in [2.45, 2.75) is 124 Å². The smallest absolute Gasteiger partial charge is 0.0986 e. The van der Waals surface area contributed by atoms with Gasteiger partial charge in [-0.15, -0.1) is 0 Å². The Hall–Kier alpha value is -0.420. The molecule has 4 aliphatic rings. The average molecular weight is 463 g/mol. The predicted molar refractivity (Wildman–Crippen MR) is 132 cm³/mol. The van der Waals surface area contributed by atoms with E-state index in [1.54, 1.807) is 5.57 Å². The molecule has 0 unspecified atom stereocenters. The Labute approximate surface area is 201 Å². The van der Waals surface area contributed by atoms with Gasteiger partial charge in [0.25, 0.3) is 0 Å². The molecule has 4 fully saturated rings. The number of allylic oxidation sites excluding steroid dienone is 2. The van der Waals surface area contributed by atoms with E-state index in [-0.39, 0.29) is 23.7 Å². The van der Waals surface area contributed by atoms with Crippen LogP contribution >= 0.6 is 0 Å². The minimum Gasteiger partial charge on any atom is -0.393 e. The topological polar surface area (TPSA) is 80.9 Å². The lowest BCUT2D eigenvalue weighted by atomic mass is 9.42. The lowest BCUT2D eigenvalue weighted by molar-refractivity contribution is -0.279. The average Bonchev–Trinajstić information content (AvgIpc) is 3.06. The third kappa shape index (κ3) is 3.77. The van der Waals surface area contributed by atoms with Gasteiger partial charge in [0.15, 0.2) is 0 Å². The first-order valence-electron chi connectivity index (χ1n) is 13.7. The van der Waals surface area contributed by atoms with Gasteiger partial charge in [0, 0.05) is 11.8 Å². The summed E-state index contributed by atoms with van der Waals surface area (Å²) >= 11 is 0. The molecule has 0 heterocycles. The van der Waals surface area contributed by atoms with E-state index >= 15 is 0 Å². The molecule has 4 heteroatoms. The quantitative estimate of drug-likeness (QED) is 0.439. The van der Waals surface area contributed by atoms with E-state index in [9.17, 15) is 20.4 Å². The van der Waals surface area contributed by atoms with Crippen molar-refractivity contribution in [2.75, 3.05) is 0 Å². The highest BCUT2D eigenvalue weighted by Gasteiger charge is 2.69. The van der Waals surface area contributed by atoms with E-state index in [2.05, 4.69) is 48.5 Å². The van der Waals surface area contributed by atoms with Gasteiger partial charge in [-0.1, -0.05) is 52.7 Å². The van der Waals surface area contributed by atoms with Gasteiger partial charge in [0.05, 0.1) is 23.9 Å². The summed E-state index contributed by atoms with van der Waals surface area (Å²) in [5.74, 6) is 2.64. The third-order valence-electron chi connectivity index (χ3n) is 11.6. The molecular formula is C29H50O4. The molecule has 0 aliphatic heterocycles. The maximum absolute atomic E-state index is 11.7. The Morgan fingerprint density at radius 3 is 2.33 bits per heavy atom. The van der Waals surface area contributed by atoms with Gasteiger partial charge >= 0.3 is 0 Å². The largest absolute Gasteiger partial charge is 0.393 e. The minimum absolute atomic E-state index is 0.0176. The number of hydrogen-bond acceptors (Lipinski definition) is 4. The molecule has 4 aliphatic carbocycles. The van der Waals surface area contributed by atoms with Gasteiger partial charge in [0.1, 0.15) is 0 Å². The Kier molecular flexibility index (Phi) is 6.69. The number of aliphatic hydroxyl groups is 4. The molecule has 0 bridgehead atoms. The molecule has 4 saturated carbocycles. The van der Waals surface area contributed by atoms with Crippen molar-refractivity contribution >= 4 is 0 Å². The molecule has 4 nitrogen and oxygen atoms in total. The Balaban J connectivity index is 1.65. The lowest BCUT2D eigenvalue weighted by Crippen LogP contribution is -2.70. The molecule has 0 radical (unpaired) electrons. The fourth-order valence-corrected chi connectivity index (χ4v) is 9.35. The molecule has 4 N–H and O–H groups in total. The van der Waals surface area contributed by atoms with Crippen molar-refractivity contribution in [2.24, 2.45) is 46.3 Å². The highest BCUT2D eigenvalue weighted by atomic mass is 16.3. The van der Waals surface area contributed by atoms with Gasteiger partial charge in [-0.2, -0.15) is 0 Å². The Morgan fingerprint density at radius 2 is 1.70 bits per heavy atom. The number of fused-ring (bicyclic) bond motifs is 5. The molecule has 0 aromatic carbocycles.